The second kappa shape index (κ2) is 2.78. The molecule has 0 saturated carbocycles. The molecule has 2 aliphatic rings. The third-order valence-corrected chi connectivity index (χ3v) is 3.12. The predicted octanol–water partition coefficient (Wildman–Crippen LogP) is 2.36. The highest BCUT2D eigenvalue weighted by Crippen LogP contribution is 2.46. The van der Waals surface area contributed by atoms with Crippen LogP contribution in [0.2, 0.25) is 0 Å². The number of benzene rings is 1. The smallest absolute Gasteiger partial charge is 0.206 e. The van der Waals surface area contributed by atoms with Crippen molar-refractivity contribution >= 4 is 5.78 Å². The number of Topliss-reactive ketones (excluding diaryl/α,β-unsaturated/α-hetero) is 1. The zero-order chi connectivity index (χ0) is 11.5. The van der Waals surface area contributed by atoms with E-state index in [1.54, 1.807) is 6.92 Å². The van der Waals surface area contributed by atoms with Gasteiger partial charge < -0.3 is 9.47 Å². The summed E-state index contributed by atoms with van der Waals surface area (Å²) in [5.74, 6) is 1.45. The molecule has 3 nitrogen and oxygen atoms in total. The number of carbonyl (C=O) groups is 1. The van der Waals surface area contributed by atoms with Crippen molar-refractivity contribution in [3.05, 3.63) is 23.3 Å². The van der Waals surface area contributed by atoms with E-state index in [1.165, 1.54) is 0 Å². The van der Waals surface area contributed by atoms with Crippen molar-refractivity contribution in [2.24, 2.45) is 0 Å². The summed E-state index contributed by atoms with van der Waals surface area (Å²) < 4.78 is 11.4. The Bertz CT molecular complexity index is 488. The lowest BCUT2D eigenvalue weighted by Crippen LogP contribution is -2.24. The van der Waals surface area contributed by atoms with Crippen LogP contribution in [-0.2, 0) is 6.42 Å². The Morgan fingerprint density at radius 2 is 2.06 bits per heavy atom. The van der Waals surface area contributed by atoms with Crippen molar-refractivity contribution in [1.29, 1.82) is 0 Å². The van der Waals surface area contributed by atoms with E-state index in [1.807, 2.05) is 26.0 Å². The first kappa shape index (κ1) is 9.70. The van der Waals surface area contributed by atoms with Gasteiger partial charge in [0.2, 0.25) is 5.78 Å². The van der Waals surface area contributed by atoms with Crippen LogP contribution in [0.4, 0.5) is 0 Å². The highest BCUT2D eigenvalue weighted by Gasteiger charge is 2.39. The third-order valence-electron chi connectivity index (χ3n) is 3.12. The monoisotopic (exact) mass is 218 g/mol. The lowest BCUT2D eigenvalue weighted by molar-refractivity contribution is 0.0871. The van der Waals surface area contributed by atoms with E-state index in [0.29, 0.717) is 11.3 Å². The van der Waals surface area contributed by atoms with Gasteiger partial charge in [0.15, 0.2) is 17.6 Å². The molecule has 1 atom stereocenters. The number of ketones is 1. The summed E-state index contributed by atoms with van der Waals surface area (Å²) in [4.78, 5) is 11.8. The highest BCUT2D eigenvalue weighted by atomic mass is 16.5. The molecule has 0 saturated heterocycles. The normalized spacial score (nSPS) is 24.7. The van der Waals surface area contributed by atoms with E-state index in [0.717, 1.165) is 17.7 Å². The minimum absolute atomic E-state index is 0.0473. The van der Waals surface area contributed by atoms with Crippen LogP contribution in [0.5, 0.6) is 11.5 Å². The third kappa shape index (κ3) is 1.17. The van der Waals surface area contributed by atoms with Crippen LogP contribution in [0.1, 0.15) is 36.7 Å². The summed E-state index contributed by atoms with van der Waals surface area (Å²) in [5, 5.41) is 0. The summed E-state index contributed by atoms with van der Waals surface area (Å²) >= 11 is 0. The van der Waals surface area contributed by atoms with E-state index in [4.69, 9.17) is 9.47 Å². The van der Waals surface area contributed by atoms with Crippen molar-refractivity contribution in [2.75, 3.05) is 0 Å². The van der Waals surface area contributed by atoms with Crippen LogP contribution in [-0.4, -0.2) is 17.5 Å². The van der Waals surface area contributed by atoms with Gasteiger partial charge in [0, 0.05) is 12.0 Å². The molecule has 1 aromatic rings. The molecule has 0 spiro atoms. The average molecular weight is 218 g/mol. The van der Waals surface area contributed by atoms with Gasteiger partial charge in [-0.2, -0.15) is 0 Å². The molecule has 16 heavy (non-hydrogen) atoms. The first-order valence-corrected chi connectivity index (χ1v) is 5.54. The van der Waals surface area contributed by atoms with Gasteiger partial charge in [-0.1, -0.05) is 6.07 Å². The maximum absolute atomic E-state index is 11.8. The van der Waals surface area contributed by atoms with Gasteiger partial charge in [0.05, 0.1) is 5.56 Å². The molecule has 0 bridgehead atoms. The molecule has 3 heteroatoms. The largest absolute Gasteiger partial charge is 0.483 e. The minimum atomic E-state index is -0.381. The van der Waals surface area contributed by atoms with Crippen molar-refractivity contribution in [3.8, 4) is 11.5 Å². The molecule has 2 aliphatic heterocycles. The molecule has 84 valence electrons. The average Bonchev–Trinajstić information content (AvgIpc) is 2.65. The van der Waals surface area contributed by atoms with E-state index in [9.17, 15) is 4.79 Å². The van der Waals surface area contributed by atoms with Crippen LogP contribution in [0.3, 0.4) is 0 Å². The number of ether oxygens (including phenoxy) is 2. The topological polar surface area (TPSA) is 35.5 Å². The molecular weight excluding hydrogens is 204 g/mol. The van der Waals surface area contributed by atoms with Gasteiger partial charge in [-0.3, -0.25) is 4.79 Å². The van der Waals surface area contributed by atoms with Crippen molar-refractivity contribution in [1.82, 2.24) is 0 Å². The number of carbonyl (C=O) groups excluding carboxylic acids is 1. The van der Waals surface area contributed by atoms with Crippen molar-refractivity contribution < 1.29 is 14.3 Å². The molecule has 0 aromatic heterocycles. The summed E-state index contributed by atoms with van der Waals surface area (Å²) in [6, 6.07) is 3.83. The first-order chi connectivity index (χ1) is 7.48. The molecule has 0 radical (unpaired) electrons. The van der Waals surface area contributed by atoms with Crippen LogP contribution >= 0.6 is 0 Å². The van der Waals surface area contributed by atoms with Crippen LogP contribution < -0.4 is 9.47 Å². The first-order valence-electron chi connectivity index (χ1n) is 5.54. The van der Waals surface area contributed by atoms with Gasteiger partial charge >= 0.3 is 0 Å². The number of rotatable bonds is 0. The van der Waals surface area contributed by atoms with Crippen molar-refractivity contribution in [3.63, 3.8) is 0 Å². The molecule has 1 aromatic carbocycles. The van der Waals surface area contributed by atoms with E-state index in [2.05, 4.69) is 0 Å². The van der Waals surface area contributed by atoms with Gasteiger partial charge in [-0.15, -0.1) is 0 Å². The molecule has 3 rings (SSSR count). The van der Waals surface area contributed by atoms with E-state index >= 15 is 0 Å². The zero-order valence-electron chi connectivity index (χ0n) is 9.66. The number of hydrogen-bond donors (Lipinski definition) is 0. The fourth-order valence-corrected chi connectivity index (χ4v) is 2.39. The number of fused-ring (bicyclic) bond motifs is 3. The molecule has 2 heterocycles. The molecule has 0 N–H and O–H groups in total. The summed E-state index contributed by atoms with van der Waals surface area (Å²) in [7, 11) is 0. The Labute approximate surface area is 94.4 Å². The molecule has 1 unspecified atom stereocenters. The SMILES string of the molecule is CC1Oc2c(ccc3c2OC(C)(C)C3)C1=O. The Kier molecular flexibility index (Phi) is 1.69. The Morgan fingerprint density at radius 1 is 1.31 bits per heavy atom. The Hall–Kier alpha value is -1.51. The highest BCUT2D eigenvalue weighted by molar-refractivity contribution is 6.05. The lowest BCUT2D eigenvalue weighted by Gasteiger charge is -2.17. The van der Waals surface area contributed by atoms with Crippen LogP contribution in [0, 0.1) is 0 Å². The second-order valence-electron chi connectivity index (χ2n) is 5.09. The fraction of sp³-hybridized carbons (Fsp3) is 0.462. The van der Waals surface area contributed by atoms with Gasteiger partial charge in [0.25, 0.3) is 0 Å². The summed E-state index contributed by atoms with van der Waals surface area (Å²) in [6.07, 6.45) is 0.482. The standard InChI is InChI=1S/C13H14O3/c1-7-10(14)9-5-4-8-6-13(2,3)16-11(8)12(9)15-7/h4-5,7H,6H2,1-3H3. The fourth-order valence-electron chi connectivity index (χ4n) is 2.39. The Morgan fingerprint density at radius 3 is 2.81 bits per heavy atom. The summed E-state index contributed by atoms with van der Waals surface area (Å²) in [5.41, 5.74) is 1.59. The predicted molar refractivity (Wildman–Crippen MR) is 59.3 cm³/mol. The maximum Gasteiger partial charge on any atom is 0.206 e. The van der Waals surface area contributed by atoms with Crippen LogP contribution in [0.25, 0.3) is 0 Å². The van der Waals surface area contributed by atoms with Crippen molar-refractivity contribution in [2.45, 2.75) is 38.9 Å². The lowest BCUT2D eigenvalue weighted by atomic mass is 10.00. The molecule has 0 fully saturated rings. The van der Waals surface area contributed by atoms with Gasteiger partial charge in [-0.05, 0) is 26.8 Å². The van der Waals surface area contributed by atoms with E-state index in [-0.39, 0.29) is 17.5 Å². The number of hydrogen-bond acceptors (Lipinski definition) is 3. The van der Waals surface area contributed by atoms with Gasteiger partial charge in [-0.25, -0.2) is 0 Å². The van der Waals surface area contributed by atoms with Crippen LogP contribution in [0.15, 0.2) is 12.1 Å². The minimum Gasteiger partial charge on any atom is -0.483 e. The summed E-state index contributed by atoms with van der Waals surface area (Å²) in [6.45, 7) is 5.86. The maximum atomic E-state index is 11.8. The molecular formula is C13H14O3. The molecule has 0 amide bonds. The zero-order valence-corrected chi connectivity index (χ0v) is 9.66. The van der Waals surface area contributed by atoms with Gasteiger partial charge in [0.1, 0.15) is 5.60 Å². The Balaban J connectivity index is 2.15. The quantitative estimate of drug-likeness (QED) is 0.670. The molecule has 0 aliphatic carbocycles. The second-order valence-corrected chi connectivity index (χ2v) is 5.09. The van der Waals surface area contributed by atoms with E-state index < -0.39 is 0 Å².